The first-order chi connectivity index (χ1) is 9.99. The summed E-state index contributed by atoms with van der Waals surface area (Å²) in [5, 5.41) is 14.9. The topological polar surface area (TPSA) is 104 Å². The van der Waals surface area contributed by atoms with Crippen LogP contribution in [0, 0.1) is 0 Å². The second-order valence-corrected chi connectivity index (χ2v) is 4.63. The number of amides is 2. The Hall–Kier alpha value is -2.67. The van der Waals surface area contributed by atoms with Gasteiger partial charge in [-0.3, -0.25) is 14.6 Å². The summed E-state index contributed by atoms with van der Waals surface area (Å²) in [6.45, 7) is 1.32. The molecule has 0 spiro atoms. The van der Waals surface area contributed by atoms with Gasteiger partial charge >= 0.3 is 11.8 Å². The summed E-state index contributed by atoms with van der Waals surface area (Å²) >= 11 is 0. The third-order valence-electron chi connectivity index (χ3n) is 2.77. The zero-order valence-corrected chi connectivity index (χ0v) is 11.4. The van der Waals surface area contributed by atoms with Gasteiger partial charge in [-0.2, -0.15) is 0 Å². The zero-order valence-electron chi connectivity index (χ0n) is 11.4. The van der Waals surface area contributed by atoms with Gasteiger partial charge in [0.2, 0.25) is 0 Å². The predicted molar refractivity (Wildman–Crippen MR) is 74.2 cm³/mol. The molecular formula is C14H15N3O4. The van der Waals surface area contributed by atoms with E-state index in [0.29, 0.717) is 11.4 Å². The molecule has 2 heterocycles. The number of nitrogens with one attached hydrogen (secondary N) is 2. The minimum atomic E-state index is -1.40. The number of furan rings is 1. The molecular weight excluding hydrogens is 274 g/mol. The second kappa shape index (κ2) is 6.19. The van der Waals surface area contributed by atoms with Gasteiger partial charge in [0.1, 0.15) is 11.4 Å². The van der Waals surface area contributed by atoms with Gasteiger partial charge in [-0.1, -0.05) is 0 Å². The van der Waals surface area contributed by atoms with Crippen LogP contribution in [0.1, 0.15) is 12.7 Å². The summed E-state index contributed by atoms with van der Waals surface area (Å²) in [6.07, 6.45) is 4.39. The Balaban J connectivity index is 1.88. The Morgan fingerprint density at radius 2 is 2.14 bits per heavy atom. The van der Waals surface area contributed by atoms with Crippen LogP contribution < -0.4 is 10.6 Å². The lowest BCUT2D eigenvalue weighted by Gasteiger charge is -2.20. The second-order valence-electron chi connectivity index (χ2n) is 4.63. The first-order valence-corrected chi connectivity index (χ1v) is 6.24. The van der Waals surface area contributed by atoms with Crippen LogP contribution in [0.15, 0.2) is 47.3 Å². The molecule has 7 nitrogen and oxygen atoms in total. The highest BCUT2D eigenvalue weighted by Crippen LogP contribution is 2.19. The molecule has 0 aromatic carbocycles. The van der Waals surface area contributed by atoms with Crippen molar-refractivity contribution in [1.82, 2.24) is 10.3 Å². The molecule has 0 aliphatic heterocycles. The van der Waals surface area contributed by atoms with Crippen molar-refractivity contribution in [3.63, 3.8) is 0 Å². The van der Waals surface area contributed by atoms with Crippen molar-refractivity contribution in [2.75, 3.05) is 11.9 Å². The monoisotopic (exact) mass is 289 g/mol. The number of aliphatic hydroxyl groups is 1. The Morgan fingerprint density at radius 3 is 2.76 bits per heavy atom. The average molecular weight is 289 g/mol. The fraction of sp³-hybridized carbons (Fsp3) is 0.214. The van der Waals surface area contributed by atoms with Crippen molar-refractivity contribution in [3.8, 4) is 0 Å². The maximum atomic E-state index is 11.7. The molecule has 1 unspecified atom stereocenters. The molecule has 2 rings (SSSR count). The molecule has 2 aromatic rings. The van der Waals surface area contributed by atoms with Gasteiger partial charge in [0.05, 0.1) is 24.7 Å². The molecule has 7 heteroatoms. The number of aromatic nitrogens is 1. The maximum absolute atomic E-state index is 11.7. The highest BCUT2D eigenvalue weighted by atomic mass is 16.4. The van der Waals surface area contributed by atoms with Crippen molar-refractivity contribution in [2.24, 2.45) is 0 Å². The Morgan fingerprint density at radius 1 is 1.33 bits per heavy atom. The number of hydrogen-bond donors (Lipinski definition) is 3. The van der Waals surface area contributed by atoms with Crippen LogP contribution in [-0.4, -0.2) is 28.4 Å². The highest BCUT2D eigenvalue weighted by Gasteiger charge is 2.28. The number of pyridine rings is 1. The van der Waals surface area contributed by atoms with Crippen molar-refractivity contribution in [2.45, 2.75) is 12.5 Å². The first-order valence-electron chi connectivity index (χ1n) is 6.24. The minimum Gasteiger partial charge on any atom is -0.466 e. The van der Waals surface area contributed by atoms with Crippen LogP contribution >= 0.6 is 0 Å². The van der Waals surface area contributed by atoms with Crippen molar-refractivity contribution in [3.05, 3.63) is 48.7 Å². The molecule has 2 amide bonds. The third-order valence-corrected chi connectivity index (χ3v) is 2.77. The Labute approximate surface area is 121 Å². The summed E-state index contributed by atoms with van der Waals surface area (Å²) in [7, 11) is 0. The minimum absolute atomic E-state index is 0.153. The van der Waals surface area contributed by atoms with Crippen LogP contribution in [0.3, 0.4) is 0 Å². The maximum Gasteiger partial charge on any atom is 0.313 e. The van der Waals surface area contributed by atoms with Gasteiger partial charge in [0, 0.05) is 6.20 Å². The summed E-state index contributed by atoms with van der Waals surface area (Å²) < 4.78 is 5.08. The van der Waals surface area contributed by atoms with E-state index in [0.717, 1.165) is 0 Å². The van der Waals surface area contributed by atoms with Crippen molar-refractivity contribution < 1.29 is 19.1 Å². The lowest BCUT2D eigenvalue weighted by atomic mass is 10.0. The summed E-state index contributed by atoms with van der Waals surface area (Å²) in [6, 6.07) is 6.45. The van der Waals surface area contributed by atoms with Crippen LogP contribution in [0.25, 0.3) is 0 Å². The SMILES string of the molecule is CC(O)(CNC(=O)C(=O)Nc1cccnc1)c1ccco1. The van der Waals surface area contributed by atoms with E-state index in [-0.39, 0.29) is 6.54 Å². The highest BCUT2D eigenvalue weighted by molar-refractivity contribution is 6.39. The molecule has 0 radical (unpaired) electrons. The van der Waals surface area contributed by atoms with E-state index in [1.165, 1.54) is 19.4 Å². The van der Waals surface area contributed by atoms with E-state index in [4.69, 9.17) is 4.42 Å². The normalized spacial score (nSPS) is 13.2. The third kappa shape index (κ3) is 3.90. The first kappa shape index (κ1) is 14.7. The molecule has 0 aliphatic rings. The van der Waals surface area contributed by atoms with Gasteiger partial charge in [0.15, 0.2) is 0 Å². The Bertz CT molecular complexity index is 608. The summed E-state index contributed by atoms with van der Waals surface area (Å²) in [5.74, 6) is -1.39. The van der Waals surface area contributed by atoms with Gasteiger partial charge < -0.3 is 20.2 Å². The molecule has 110 valence electrons. The average Bonchev–Trinajstić information content (AvgIpc) is 3.01. The number of rotatable bonds is 4. The molecule has 1 atom stereocenters. The van der Waals surface area contributed by atoms with E-state index in [9.17, 15) is 14.7 Å². The van der Waals surface area contributed by atoms with Gasteiger partial charge in [-0.05, 0) is 31.2 Å². The standard InChI is InChI=1S/C14H15N3O4/c1-14(20,11-5-3-7-21-11)9-16-12(18)13(19)17-10-4-2-6-15-8-10/h2-8,20H,9H2,1H3,(H,16,18)(H,17,19). The van der Waals surface area contributed by atoms with E-state index < -0.39 is 17.4 Å². The smallest absolute Gasteiger partial charge is 0.313 e. The molecule has 3 N–H and O–H groups in total. The van der Waals surface area contributed by atoms with Crippen LogP contribution in [0.4, 0.5) is 5.69 Å². The quantitative estimate of drug-likeness (QED) is 0.716. The molecule has 2 aromatic heterocycles. The number of nitrogens with zero attached hydrogens (tertiary/aromatic N) is 1. The lowest BCUT2D eigenvalue weighted by Crippen LogP contribution is -2.43. The summed E-state index contributed by atoms with van der Waals surface area (Å²) in [4.78, 5) is 27.2. The van der Waals surface area contributed by atoms with Gasteiger partial charge in [0.25, 0.3) is 0 Å². The molecule has 0 saturated heterocycles. The molecule has 0 fully saturated rings. The number of anilines is 1. The van der Waals surface area contributed by atoms with Crippen molar-refractivity contribution in [1.29, 1.82) is 0 Å². The van der Waals surface area contributed by atoms with Crippen LogP contribution in [0.5, 0.6) is 0 Å². The van der Waals surface area contributed by atoms with E-state index in [1.54, 1.807) is 30.5 Å². The van der Waals surface area contributed by atoms with Gasteiger partial charge in [-0.25, -0.2) is 0 Å². The van der Waals surface area contributed by atoms with E-state index in [2.05, 4.69) is 15.6 Å². The largest absolute Gasteiger partial charge is 0.466 e. The summed E-state index contributed by atoms with van der Waals surface area (Å²) in [5.41, 5.74) is -0.983. The number of hydrogen-bond acceptors (Lipinski definition) is 5. The van der Waals surface area contributed by atoms with Crippen molar-refractivity contribution >= 4 is 17.5 Å². The van der Waals surface area contributed by atoms with Crippen LogP contribution in [-0.2, 0) is 15.2 Å². The number of carbonyl (C=O) groups is 2. The zero-order chi connectivity index (χ0) is 15.3. The fourth-order valence-corrected chi connectivity index (χ4v) is 1.63. The van der Waals surface area contributed by atoms with E-state index in [1.807, 2.05) is 0 Å². The fourth-order valence-electron chi connectivity index (χ4n) is 1.63. The van der Waals surface area contributed by atoms with Crippen LogP contribution in [0.2, 0.25) is 0 Å². The van der Waals surface area contributed by atoms with Gasteiger partial charge in [-0.15, -0.1) is 0 Å². The predicted octanol–water partition coefficient (Wildman–Crippen LogP) is 0.637. The Kier molecular flexibility index (Phi) is 4.34. The molecule has 0 aliphatic carbocycles. The molecule has 21 heavy (non-hydrogen) atoms. The molecule has 0 bridgehead atoms. The van der Waals surface area contributed by atoms with E-state index >= 15 is 0 Å². The lowest BCUT2D eigenvalue weighted by molar-refractivity contribution is -0.136. The number of carbonyl (C=O) groups excluding carboxylic acids is 2. The molecule has 0 saturated carbocycles.